The van der Waals surface area contributed by atoms with Crippen molar-refractivity contribution < 1.29 is 4.79 Å². The number of benzene rings is 2. The van der Waals surface area contributed by atoms with E-state index in [2.05, 4.69) is 15.3 Å². The van der Waals surface area contributed by atoms with E-state index in [9.17, 15) is 9.59 Å². The van der Waals surface area contributed by atoms with E-state index in [0.29, 0.717) is 27.7 Å². The lowest BCUT2D eigenvalue weighted by atomic mass is 10.1. The number of para-hydroxylation sites is 1. The highest BCUT2D eigenvalue weighted by Gasteiger charge is 2.28. The summed E-state index contributed by atoms with van der Waals surface area (Å²) in [7, 11) is 0. The van der Waals surface area contributed by atoms with E-state index < -0.39 is 0 Å². The van der Waals surface area contributed by atoms with E-state index in [4.69, 9.17) is 16.6 Å². The number of aromatic nitrogens is 3. The van der Waals surface area contributed by atoms with Gasteiger partial charge in [0, 0.05) is 22.6 Å². The molecule has 1 aliphatic carbocycles. The molecule has 2 heterocycles. The molecule has 0 bridgehead atoms. The zero-order valence-corrected chi connectivity index (χ0v) is 17.3. The molecule has 1 saturated carbocycles. The van der Waals surface area contributed by atoms with Gasteiger partial charge < -0.3 is 15.3 Å². The van der Waals surface area contributed by atoms with Crippen LogP contribution in [-0.4, -0.2) is 20.9 Å². The number of rotatable bonds is 5. The van der Waals surface area contributed by atoms with Crippen LogP contribution >= 0.6 is 22.9 Å². The molecule has 1 fully saturated rings. The smallest absolute Gasteiger partial charge is 0.321 e. The monoisotopic (exact) mass is 436 g/mol. The first-order valence-corrected chi connectivity index (χ1v) is 10.7. The van der Waals surface area contributed by atoms with E-state index in [1.54, 1.807) is 35.6 Å². The van der Waals surface area contributed by atoms with Gasteiger partial charge in [-0.05, 0) is 43.2 Å². The van der Waals surface area contributed by atoms with Crippen LogP contribution in [0.25, 0.3) is 28.4 Å². The van der Waals surface area contributed by atoms with Gasteiger partial charge in [0.1, 0.15) is 0 Å². The number of carbonyl (C=O) groups is 1. The van der Waals surface area contributed by atoms with Crippen molar-refractivity contribution in [3.63, 3.8) is 0 Å². The summed E-state index contributed by atoms with van der Waals surface area (Å²) in [6.07, 6.45) is 5.59. The summed E-state index contributed by atoms with van der Waals surface area (Å²) >= 11 is 7.77. The second kappa shape index (κ2) is 7.59. The van der Waals surface area contributed by atoms with Crippen LogP contribution in [0.4, 0.5) is 5.69 Å². The number of hydrogen-bond donors (Lipinski definition) is 3. The molecule has 1 amide bonds. The fraction of sp³-hybridized carbons (Fsp3) is 0.136. The molecule has 8 heteroatoms. The molecule has 2 aromatic heterocycles. The zero-order valence-electron chi connectivity index (χ0n) is 15.7. The van der Waals surface area contributed by atoms with Crippen LogP contribution < -0.4 is 11.0 Å². The van der Waals surface area contributed by atoms with Gasteiger partial charge in [0.2, 0.25) is 5.91 Å². The molecule has 3 N–H and O–H groups in total. The van der Waals surface area contributed by atoms with Gasteiger partial charge in [-0.2, -0.15) is 0 Å². The highest BCUT2D eigenvalue weighted by Crippen LogP contribution is 2.44. The second-order valence-electron chi connectivity index (χ2n) is 7.18. The molecule has 2 aromatic carbocycles. The van der Waals surface area contributed by atoms with Crippen molar-refractivity contribution in [2.24, 2.45) is 0 Å². The fourth-order valence-corrected chi connectivity index (χ4v) is 4.65. The minimum Gasteiger partial charge on any atom is -0.321 e. The topological polar surface area (TPSA) is 90.6 Å². The van der Waals surface area contributed by atoms with E-state index in [0.717, 1.165) is 34.0 Å². The van der Waals surface area contributed by atoms with Crippen molar-refractivity contribution in [1.29, 1.82) is 0 Å². The van der Waals surface area contributed by atoms with Crippen LogP contribution in [0.1, 0.15) is 28.6 Å². The van der Waals surface area contributed by atoms with Crippen LogP contribution in [0.5, 0.6) is 0 Å². The predicted octanol–water partition coefficient (Wildman–Crippen LogP) is 5.16. The average molecular weight is 437 g/mol. The summed E-state index contributed by atoms with van der Waals surface area (Å²) < 4.78 is 0. The molecule has 5 rings (SSSR count). The molecule has 150 valence electrons. The van der Waals surface area contributed by atoms with Crippen molar-refractivity contribution in [2.75, 3.05) is 5.32 Å². The highest BCUT2D eigenvalue weighted by molar-refractivity contribution is 7.13. The Labute approximate surface area is 180 Å². The van der Waals surface area contributed by atoms with Gasteiger partial charge in [-0.1, -0.05) is 29.8 Å². The number of nitrogens with zero attached hydrogens (tertiary/aromatic N) is 1. The summed E-state index contributed by atoms with van der Waals surface area (Å²) in [6, 6.07) is 12.9. The number of imidazole rings is 1. The summed E-state index contributed by atoms with van der Waals surface area (Å²) in [5.74, 6) is 0.231. The zero-order chi connectivity index (χ0) is 20.7. The molecule has 1 aliphatic rings. The molecule has 0 atom stereocenters. The molecular formula is C22H17ClN4O2S. The minimum atomic E-state index is -0.314. The van der Waals surface area contributed by atoms with Crippen LogP contribution in [0.3, 0.4) is 0 Å². The van der Waals surface area contributed by atoms with Crippen LogP contribution in [0.2, 0.25) is 5.02 Å². The van der Waals surface area contributed by atoms with Crippen molar-refractivity contribution in [2.45, 2.75) is 18.8 Å². The quantitative estimate of drug-likeness (QED) is 0.377. The van der Waals surface area contributed by atoms with Crippen LogP contribution in [0, 0.1) is 0 Å². The molecule has 0 unspecified atom stereocenters. The Hall–Kier alpha value is -3.16. The van der Waals surface area contributed by atoms with E-state index in [-0.39, 0.29) is 11.6 Å². The number of amides is 1. The third kappa shape index (κ3) is 3.81. The lowest BCUT2D eigenvalue weighted by molar-refractivity contribution is -0.111. The maximum absolute atomic E-state index is 12.6. The number of carbonyl (C=O) groups excluding carboxylic acids is 1. The Morgan fingerprint density at radius 3 is 2.83 bits per heavy atom. The fourth-order valence-electron chi connectivity index (χ4n) is 3.30. The summed E-state index contributed by atoms with van der Waals surface area (Å²) in [6.45, 7) is 0. The van der Waals surface area contributed by atoms with Gasteiger partial charge in [-0.15, -0.1) is 11.3 Å². The Morgan fingerprint density at radius 1 is 1.20 bits per heavy atom. The lowest BCUT2D eigenvalue weighted by Crippen LogP contribution is -2.08. The van der Waals surface area contributed by atoms with E-state index in [1.807, 2.05) is 24.3 Å². The average Bonchev–Trinajstić information content (AvgIpc) is 3.36. The predicted molar refractivity (Wildman–Crippen MR) is 121 cm³/mol. The molecular weight excluding hydrogens is 420 g/mol. The van der Waals surface area contributed by atoms with E-state index >= 15 is 0 Å². The number of halogens is 1. The Bertz CT molecular complexity index is 1350. The largest absolute Gasteiger partial charge is 0.323 e. The molecule has 0 aliphatic heterocycles. The van der Waals surface area contributed by atoms with Crippen molar-refractivity contribution >= 4 is 51.6 Å². The van der Waals surface area contributed by atoms with Crippen molar-refractivity contribution in [1.82, 2.24) is 15.0 Å². The third-order valence-corrected chi connectivity index (χ3v) is 6.31. The number of H-pyrrole nitrogens is 2. The maximum atomic E-state index is 12.6. The Kier molecular flexibility index (Phi) is 4.77. The highest BCUT2D eigenvalue weighted by atomic mass is 35.5. The number of anilines is 1. The van der Waals surface area contributed by atoms with Gasteiger partial charge in [-0.3, -0.25) is 4.79 Å². The first kappa shape index (κ1) is 18.8. The Balaban J connectivity index is 1.43. The summed E-state index contributed by atoms with van der Waals surface area (Å²) in [4.78, 5) is 35.2. The standard InChI is InChI=1S/C22H17ClN4O2S/c23-14-4-1-3-13(11-14)19-17(30-21(26-19)12-7-8-12)9-10-18(28)24-15-5-2-6-16-20(15)27-22(29)25-16/h1-6,9-12H,7-8H2,(H,24,28)(H2,25,27,29)/b10-9+. The van der Waals surface area contributed by atoms with Gasteiger partial charge >= 0.3 is 5.69 Å². The van der Waals surface area contributed by atoms with Crippen molar-refractivity contribution in [3.8, 4) is 11.3 Å². The number of thiazole rings is 1. The molecule has 30 heavy (non-hydrogen) atoms. The van der Waals surface area contributed by atoms with Gasteiger partial charge in [0.15, 0.2) is 0 Å². The van der Waals surface area contributed by atoms with Crippen molar-refractivity contribution in [3.05, 3.63) is 73.9 Å². The van der Waals surface area contributed by atoms with Gasteiger partial charge in [0.25, 0.3) is 0 Å². The minimum absolute atomic E-state index is 0.289. The maximum Gasteiger partial charge on any atom is 0.323 e. The Morgan fingerprint density at radius 2 is 2.03 bits per heavy atom. The first-order chi connectivity index (χ1) is 14.6. The lowest BCUT2D eigenvalue weighted by Gasteiger charge is -2.03. The normalized spacial score (nSPS) is 13.9. The molecule has 0 radical (unpaired) electrons. The third-order valence-electron chi connectivity index (χ3n) is 4.89. The van der Waals surface area contributed by atoms with E-state index in [1.165, 1.54) is 6.08 Å². The SMILES string of the molecule is O=C(/C=C/c1sc(C2CC2)nc1-c1cccc(Cl)c1)Nc1cccc2[nH]c(=O)[nH]c12. The molecule has 4 aromatic rings. The number of nitrogens with one attached hydrogen (secondary N) is 3. The second-order valence-corrected chi connectivity index (χ2v) is 8.68. The number of hydrogen-bond acceptors (Lipinski definition) is 4. The number of aromatic amines is 2. The summed E-state index contributed by atoms with van der Waals surface area (Å²) in [5.41, 5.74) is 3.20. The van der Waals surface area contributed by atoms with Gasteiger partial charge in [-0.25, -0.2) is 9.78 Å². The van der Waals surface area contributed by atoms with Gasteiger partial charge in [0.05, 0.1) is 32.3 Å². The van der Waals surface area contributed by atoms with Crippen LogP contribution in [0.15, 0.2) is 53.3 Å². The molecule has 6 nitrogen and oxygen atoms in total. The first-order valence-electron chi connectivity index (χ1n) is 9.53. The number of fused-ring (bicyclic) bond motifs is 1. The van der Waals surface area contributed by atoms with Crippen LogP contribution in [-0.2, 0) is 4.79 Å². The summed E-state index contributed by atoms with van der Waals surface area (Å²) in [5, 5.41) is 4.57. The molecule has 0 spiro atoms. The molecule has 0 saturated heterocycles.